The highest BCUT2D eigenvalue weighted by Gasteiger charge is 2.26. The number of ketones is 1. The second kappa shape index (κ2) is 6.97. The molecule has 0 spiro atoms. The van der Waals surface area contributed by atoms with Gasteiger partial charge in [-0.15, -0.1) is 10.2 Å². The number of carbonyl (C=O) groups is 2. The maximum Gasteiger partial charge on any atom is 0.333 e. The van der Waals surface area contributed by atoms with E-state index < -0.39 is 21.1 Å². The zero-order chi connectivity index (χ0) is 19.9. The van der Waals surface area contributed by atoms with E-state index in [1.807, 2.05) is 4.72 Å². The second-order valence-electron chi connectivity index (χ2n) is 7.11. The molecule has 8 nitrogen and oxygen atoms in total. The Morgan fingerprint density at radius 2 is 1.61 bits per heavy atom. The number of amides is 2. The first-order valence-electron chi connectivity index (χ1n) is 9.20. The van der Waals surface area contributed by atoms with Gasteiger partial charge in [0.15, 0.2) is 10.8 Å². The summed E-state index contributed by atoms with van der Waals surface area (Å²) in [6, 6.07) is 3.82. The molecule has 0 aliphatic heterocycles. The Labute approximate surface area is 162 Å². The number of carbonyl (C=O) groups excluding carboxylic acids is 2. The van der Waals surface area contributed by atoms with Crippen LogP contribution in [0.3, 0.4) is 0 Å². The zero-order valence-corrected chi connectivity index (χ0v) is 16.2. The summed E-state index contributed by atoms with van der Waals surface area (Å²) in [4.78, 5) is 23.7. The minimum atomic E-state index is -4.20. The highest BCUT2D eigenvalue weighted by Crippen LogP contribution is 2.38. The van der Waals surface area contributed by atoms with Gasteiger partial charge in [0, 0.05) is 12.6 Å². The number of urea groups is 1. The predicted molar refractivity (Wildman–Crippen MR) is 102 cm³/mol. The molecule has 0 saturated carbocycles. The van der Waals surface area contributed by atoms with Gasteiger partial charge in [0.25, 0.3) is 10.0 Å². The third kappa shape index (κ3) is 3.37. The summed E-state index contributed by atoms with van der Waals surface area (Å²) in [6.07, 6.45) is 5.78. The Balaban J connectivity index is 1.56. The number of rotatable bonds is 4. The van der Waals surface area contributed by atoms with Gasteiger partial charge >= 0.3 is 6.03 Å². The zero-order valence-electron chi connectivity index (χ0n) is 15.4. The van der Waals surface area contributed by atoms with E-state index in [2.05, 4.69) is 21.6 Å². The quantitative estimate of drug-likeness (QED) is 0.760. The summed E-state index contributed by atoms with van der Waals surface area (Å²) in [7, 11) is -4.20. The number of nitrogens with one attached hydrogen (secondary N) is 2. The monoisotopic (exact) mass is 400 g/mol. The van der Waals surface area contributed by atoms with E-state index in [-0.39, 0.29) is 11.5 Å². The molecule has 9 heteroatoms. The van der Waals surface area contributed by atoms with Crippen molar-refractivity contribution in [1.82, 2.24) is 14.9 Å². The van der Waals surface area contributed by atoms with Crippen LogP contribution < -0.4 is 10.0 Å². The van der Waals surface area contributed by atoms with E-state index in [1.54, 1.807) is 0 Å². The van der Waals surface area contributed by atoms with Gasteiger partial charge in [-0.1, -0.05) is 6.07 Å². The largest absolute Gasteiger partial charge is 0.333 e. The van der Waals surface area contributed by atoms with Gasteiger partial charge in [-0.2, -0.15) is 8.42 Å². The van der Waals surface area contributed by atoms with Crippen molar-refractivity contribution in [2.24, 2.45) is 0 Å². The molecule has 0 saturated heterocycles. The fourth-order valence-electron chi connectivity index (χ4n) is 3.93. The minimum Gasteiger partial charge on any atom is -0.307 e. The van der Waals surface area contributed by atoms with Crippen LogP contribution in [0.1, 0.15) is 52.5 Å². The summed E-state index contributed by atoms with van der Waals surface area (Å²) in [6.45, 7) is 1.31. The fraction of sp³-hybridized carbons (Fsp3) is 0.368. The van der Waals surface area contributed by atoms with Gasteiger partial charge in [0.1, 0.15) is 5.69 Å². The van der Waals surface area contributed by atoms with Crippen molar-refractivity contribution in [2.45, 2.75) is 50.5 Å². The normalized spacial score (nSPS) is 15.0. The van der Waals surface area contributed by atoms with E-state index in [4.69, 9.17) is 0 Å². The highest BCUT2D eigenvalue weighted by molar-refractivity contribution is 7.90. The summed E-state index contributed by atoms with van der Waals surface area (Å²) < 4.78 is 26.8. The van der Waals surface area contributed by atoms with Gasteiger partial charge in [-0.25, -0.2) is 9.52 Å². The average molecular weight is 400 g/mol. The molecular weight excluding hydrogens is 380 g/mol. The van der Waals surface area contributed by atoms with Crippen LogP contribution in [0.2, 0.25) is 0 Å². The highest BCUT2D eigenvalue weighted by atomic mass is 32.2. The van der Waals surface area contributed by atoms with Gasteiger partial charge in [0.2, 0.25) is 0 Å². The first-order chi connectivity index (χ1) is 13.3. The molecule has 0 fully saturated rings. The predicted octanol–water partition coefficient (Wildman–Crippen LogP) is 2.17. The molecule has 1 heterocycles. The number of sulfonamides is 1. The first kappa shape index (κ1) is 18.5. The topological polar surface area (TPSA) is 118 Å². The SMILES string of the molecule is CC(=O)c1ccc(S(=O)(=O)NC(=O)Nc2c3c(cc4c2CCC4)CCC3)nn1. The second-order valence-corrected chi connectivity index (χ2v) is 8.74. The van der Waals surface area contributed by atoms with Crippen molar-refractivity contribution in [3.8, 4) is 0 Å². The van der Waals surface area contributed by atoms with Gasteiger partial charge < -0.3 is 5.32 Å². The fourth-order valence-corrected chi connectivity index (χ4v) is 4.73. The van der Waals surface area contributed by atoms with E-state index >= 15 is 0 Å². The maximum atomic E-state index is 12.5. The standard InChI is InChI=1S/C19H20N4O4S/c1-11(24)16-8-9-17(22-21-16)28(26,27)23-19(25)20-18-14-6-2-4-12(14)10-13-5-3-7-15(13)18/h8-10H,2-7H2,1H3,(H2,20,23,25). The lowest BCUT2D eigenvalue weighted by Gasteiger charge is -2.16. The third-order valence-electron chi connectivity index (χ3n) is 5.21. The molecule has 2 N–H and O–H groups in total. The average Bonchev–Trinajstić information content (AvgIpc) is 3.30. The molecule has 4 rings (SSSR count). The number of anilines is 1. The molecule has 2 amide bonds. The van der Waals surface area contributed by atoms with Crippen LogP contribution in [0.4, 0.5) is 10.5 Å². The van der Waals surface area contributed by atoms with Crippen molar-refractivity contribution < 1.29 is 18.0 Å². The number of nitrogens with zero attached hydrogens (tertiary/aromatic N) is 2. The number of hydrogen-bond acceptors (Lipinski definition) is 6. The maximum absolute atomic E-state index is 12.5. The van der Waals surface area contributed by atoms with Crippen molar-refractivity contribution in [3.63, 3.8) is 0 Å². The number of aryl methyl sites for hydroxylation is 2. The number of Topliss-reactive ketones (excluding diaryl/α,β-unsaturated/α-hetero) is 1. The van der Waals surface area contributed by atoms with Crippen LogP contribution >= 0.6 is 0 Å². The third-order valence-corrected chi connectivity index (χ3v) is 6.44. The number of fused-ring (bicyclic) bond motifs is 2. The van der Waals surface area contributed by atoms with Gasteiger partial charge in [-0.05, 0) is 72.9 Å². The lowest BCUT2D eigenvalue weighted by Crippen LogP contribution is -2.35. The molecule has 0 atom stereocenters. The van der Waals surface area contributed by atoms with Crippen molar-refractivity contribution >= 4 is 27.5 Å². The smallest absolute Gasteiger partial charge is 0.307 e. The number of hydrogen-bond donors (Lipinski definition) is 2. The molecule has 1 aromatic carbocycles. The Kier molecular flexibility index (Phi) is 4.62. The minimum absolute atomic E-state index is 0.0545. The Hall–Kier alpha value is -2.81. The summed E-state index contributed by atoms with van der Waals surface area (Å²) in [5.41, 5.74) is 5.51. The van der Waals surface area contributed by atoms with E-state index in [0.29, 0.717) is 0 Å². The van der Waals surface area contributed by atoms with E-state index in [1.165, 1.54) is 24.1 Å². The van der Waals surface area contributed by atoms with Crippen LogP contribution in [0, 0.1) is 0 Å². The lowest BCUT2D eigenvalue weighted by molar-refractivity contribution is 0.101. The van der Waals surface area contributed by atoms with Crippen molar-refractivity contribution in [3.05, 3.63) is 46.1 Å². The summed E-state index contributed by atoms with van der Waals surface area (Å²) in [5, 5.41) is 9.47. The van der Waals surface area contributed by atoms with E-state index in [0.717, 1.165) is 61.4 Å². The molecule has 0 radical (unpaired) electrons. The van der Waals surface area contributed by atoms with Crippen LogP contribution in [-0.2, 0) is 35.7 Å². The molecule has 0 unspecified atom stereocenters. The number of aromatic nitrogens is 2. The van der Waals surface area contributed by atoms with Crippen LogP contribution in [0.5, 0.6) is 0 Å². The Morgan fingerprint density at radius 1 is 0.964 bits per heavy atom. The van der Waals surface area contributed by atoms with Crippen LogP contribution in [0.15, 0.2) is 23.2 Å². The summed E-state index contributed by atoms with van der Waals surface area (Å²) >= 11 is 0. The molecule has 2 aliphatic rings. The Morgan fingerprint density at radius 3 is 2.14 bits per heavy atom. The number of benzene rings is 1. The van der Waals surface area contributed by atoms with Crippen molar-refractivity contribution in [1.29, 1.82) is 0 Å². The molecule has 1 aromatic heterocycles. The Bertz CT molecular complexity index is 1050. The molecule has 28 heavy (non-hydrogen) atoms. The van der Waals surface area contributed by atoms with Gasteiger partial charge in [-0.3, -0.25) is 4.79 Å². The molecule has 0 bridgehead atoms. The first-order valence-corrected chi connectivity index (χ1v) is 10.7. The van der Waals surface area contributed by atoms with Crippen molar-refractivity contribution in [2.75, 3.05) is 5.32 Å². The van der Waals surface area contributed by atoms with E-state index in [9.17, 15) is 18.0 Å². The van der Waals surface area contributed by atoms with Crippen LogP contribution in [0.25, 0.3) is 0 Å². The lowest BCUT2D eigenvalue weighted by atomic mass is 9.99. The summed E-state index contributed by atoms with van der Waals surface area (Å²) in [5.74, 6) is -0.325. The van der Waals surface area contributed by atoms with Gasteiger partial charge in [0.05, 0.1) is 0 Å². The van der Waals surface area contributed by atoms with Crippen LogP contribution in [-0.4, -0.2) is 30.4 Å². The molecule has 2 aliphatic carbocycles. The molecule has 146 valence electrons. The molecule has 2 aromatic rings. The molecular formula is C19H20N4O4S.